The van der Waals surface area contributed by atoms with E-state index < -0.39 is 0 Å². The molecule has 0 saturated heterocycles. The predicted octanol–water partition coefficient (Wildman–Crippen LogP) is 4.74. The molecule has 0 bridgehead atoms. The van der Waals surface area contributed by atoms with Gasteiger partial charge in [-0.2, -0.15) is 0 Å². The molecule has 0 spiro atoms. The highest BCUT2D eigenvalue weighted by atomic mass is 16.3. The average Bonchev–Trinajstić information content (AvgIpc) is 2.63. The minimum Gasteiger partial charge on any atom is -0.456 e. The van der Waals surface area contributed by atoms with Gasteiger partial charge in [-0.3, -0.25) is 4.79 Å². The summed E-state index contributed by atoms with van der Waals surface area (Å²) in [5.41, 5.74) is 6.06. The molecular weight excluding hydrogens is 310 g/mol. The van der Waals surface area contributed by atoms with E-state index in [0.717, 1.165) is 24.2 Å². The van der Waals surface area contributed by atoms with E-state index >= 15 is 0 Å². The molecule has 25 heavy (non-hydrogen) atoms. The van der Waals surface area contributed by atoms with Crippen molar-refractivity contribution in [3.05, 3.63) is 75.5 Å². The molecule has 1 aliphatic heterocycles. The van der Waals surface area contributed by atoms with Crippen molar-refractivity contribution >= 4 is 27.6 Å². The minimum absolute atomic E-state index is 0.0343. The summed E-state index contributed by atoms with van der Waals surface area (Å²) >= 11 is 0. The lowest BCUT2D eigenvalue weighted by atomic mass is 9.96. The SMILES string of the molecule is CCc1cc2oc3ccccc3c(=O)c2cc1C1=CC(C)=CCN1C. The second kappa shape index (κ2) is 5.92. The summed E-state index contributed by atoms with van der Waals surface area (Å²) in [6.45, 7) is 5.13. The van der Waals surface area contributed by atoms with Gasteiger partial charge in [-0.05, 0) is 49.2 Å². The molecular formula is C22H21NO2. The number of rotatable bonds is 2. The molecule has 4 rings (SSSR count). The van der Waals surface area contributed by atoms with E-state index in [-0.39, 0.29) is 5.43 Å². The zero-order valence-corrected chi connectivity index (χ0v) is 14.8. The molecule has 3 heteroatoms. The van der Waals surface area contributed by atoms with Crippen LogP contribution >= 0.6 is 0 Å². The molecule has 0 fully saturated rings. The lowest BCUT2D eigenvalue weighted by Gasteiger charge is -2.27. The van der Waals surface area contributed by atoms with Crippen LogP contribution in [0.5, 0.6) is 0 Å². The number of nitrogens with zero attached hydrogens (tertiary/aromatic N) is 1. The van der Waals surface area contributed by atoms with Crippen molar-refractivity contribution in [1.82, 2.24) is 4.90 Å². The third kappa shape index (κ3) is 2.56. The number of benzene rings is 2. The summed E-state index contributed by atoms with van der Waals surface area (Å²) in [4.78, 5) is 15.2. The van der Waals surface area contributed by atoms with Crippen LogP contribution in [0.4, 0.5) is 0 Å². The van der Waals surface area contributed by atoms with Crippen LogP contribution in [0.25, 0.3) is 27.6 Å². The van der Waals surface area contributed by atoms with Gasteiger partial charge in [0.05, 0.1) is 10.8 Å². The Morgan fingerprint density at radius 3 is 2.72 bits per heavy atom. The van der Waals surface area contributed by atoms with Gasteiger partial charge in [-0.15, -0.1) is 0 Å². The van der Waals surface area contributed by atoms with Crippen LogP contribution in [0.1, 0.15) is 25.0 Å². The number of para-hydroxylation sites is 1. The quantitative estimate of drug-likeness (QED) is 0.636. The van der Waals surface area contributed by atoms with Gasteiger partial charge in [0.25, 0.3) is 0 Å². The number of aryl methyl sites for hydroxylation is 1. The van der Waals surface area contributed by atoms with E-state index in [0.29, 0.717) is 21.9 Å². The van der Waals surface area contributed by atoms with E-state index in [2.05, 4.69) is 37.9 Å². The normalized spacial score (nSPS) is 14.8. The highest BCUT2D eigenvalue weighted by Crippen LogP contribution is 2.30. The first-order valence-electron chi connectivity index (χ1n) is 8.67. The van der Waals surface area contributed by atoms with Gasteiger partial charge in [-0.25, -0.2) is 0 Å². The van der Waals surface area contributed by atoms with Crippen molar-refractivity contribution in [2.24, 2.45) is 0 Å². The van der Waals surface area contributed by atoms with Crippen molar-refractivity contribution in [3.8, 4) is 0 Å². The fraction of sp³-hybridized carbons (Fsp3) is 0.227. The summed E-state index contributed by atoms with van der Waals surface area (Å²) < 4.78 is 6.02. The summed E-state index contributed by atoms with van der Waals surface area (Å²) in [7, 11) is 2.08. The molecule has 1 aliphatic rings. The predicted molar refractivity (Wildman–Crippen MR) is 104 cm³/mol. The molecule has 0 unspecified atom stereocenters. The van der Waals surface area contributed by atoms with Crippen molar-refractivity contribution in [2.45, 2.75) is 20.3 Å². The molecule has 0 N–H and O–H groups in total. The van der Waals surface area contributed by atoms with Gasteiger partial charge >= 0.3 is 0 Å². The Labute approximate surface area is 146 Å². The molecule has 2 aromatic carbocycles. The van der Waals surface area contributed by atoms with Crippen LogP contribution in [0.15, 0.2) is 63.3 Å². The minimum atomic E-state index is 0.0343. The van der Waals surface area contributed by atoms with Crippen LogP contribution in [0.2, 0.25) is 0 Å². The van der Waals surface area contributed by atoms with Gasteiger partial charge < -0.3 is 9.32 Å². The number of hydrogen-bond acceptors (Lipinski definition) is 3. The summed E-state index contributed by atoms with van der Waals surface area (Å²) in [6, 6.07) is 11.5. The van der Waals surface area contributed by atoms with Gasteiger partial charge in [0.1, 0.15) is 11.2 Å². The molecule has 2 heterocycles. The first kappa shape index (κ1) is 15.7. The van der Waals surface area contributed by atoms with Crippen molar-refractivity contribution in [1.29, 1.82) is 0 Å². The fourth-order valence-corrected chi connectivity index (χ4v) is 3.47. The molecule has 126 valence electrons. The topological polar surface area (TPSA) is 33.5 Å². The zero-order valence-electron chi connectivity index (χ0n) is 14.8. The third-order valence-corrected chi connectivity index (χ3v) is 4.92. The monoisotopic (exact) mass is 331 g/mol. The summed E-state index contributed by atoms with van der Waals surface area (Å²) in [5, 5.41) is 1.28. The molecule has 0 atom stereocenters. The summed E-state index contributed by atoms with van der Waals surface area (Å²) in [5.74, 6) is 0. The Morgan fingerprint density at radius 1 is 1.12 bits per heavy atom. The molecule has 0 amide bonds. The largest absolute Gasteiger partial charge is 0.456 e. The fourth-order valence-electron chi connectivity index (χ4n) is 3.47. The molecule has 0 saturated carbocycles. The Balaban J connectivity index is 2.05. The Kier molecular flexibility index (Phi) is 3.72. The first-order chi connectivity index (χ1) is 12.1. The van der Waals surface area contributed by atoms with Gasteiger partial charge in [0, 0.05) is 24.9 Å². The van der Waals surface area contributed by atoms with Crippen LogP contribution in [-0.4, -0.2) is 18.5 Å². The summed E-state index contributed by atoms with van der Waals surface area (Å²) in [6.07, 6.45) is 5.28. The molecule has 3 nitrogen and oxygen atoms in total. The molecule has 1 aromatic heterocycles. The van der Waals surface area contributed by atoms with Crippen molar-refractivity contribution < 1.29 is 4.42 Å². The Bertz CT molecular complexity index is 1100. The van der Waals surface area contributed by atoms with E-state index in [4.69, 9.17) is 4.42 Å². The van der Waals surface area contributed by atoms with E-state index in [9.17, 15) is 4.79 Å². The maximum absolute atomic E-state index is 13.0. The van der Waals surface area contributed by atoms with Crippen molar-refractivity contribution in [2.75, 3.05) is 13.6 Å². The second-order valence-electron chi connectivity index (χ2n) is 6.64. The maximum atomic E-state index is 13.0. The standard InChI is InChI=1S/C22H21NO2/c1-4-15-12-21-18(22(24)16-7-5-6-8-20(16)25-21)13-17(15)19-11-14(2)9-10-23(19)3/h5-9,11-13H,4,10H2,1-3H3. The highest BCUT2D eigenvalue weighted by molar-refractivity contribution is 5.92. The van der Waals surface area contributed by atoms with Gasteiger partial charge in [0.15, 0.2) is 0 Å². The van der Waals surface area contributed by atoms with E-state index in [1.807, 2.05) is 36.4 Å². The van der Waals surface area contributed by atoms with Crippen LogP contribution < -0.4 is 5.43 Å². The number of fused-ring (bicyclic) bond motifs is 2. The zero-order chi connectivity index (χ0) is 17.6. The average molecular weight is 331 g/mol. The lowest BCUT2D eigenvalue weighted by Crippen LogP contribution is -2.21. The van der Waals surface area contributed by atoms with E-state index in [1.54, 1.807) is 0 Å². The third-order valence-electron chi connectivity index (χ3n) is 4.92. The number of allylic oxidation sites excluding steroid dienone is 2. The molecule has 0 radical (unpaired) electrons. The van der Waals surface area contributed by atoms with Crippen LogP contribution in [-0.2, 0) is 6.42 Å². The van der Waals surface area contributed by atoms with Crippen LogP contribution in [0.3, 0.4) is 0 Å². The van der Waals surface area contributed by atoms with Crippen LogP contribution in [0, 0.1) is 0 Å². The van der Waals surface area contributed by atoms with Crippen molar-refractivity contribution in [3.63, 3.8) is 0 Å². The first-order valence-corrected chi connectivity index (χ1v) is 8.67. The lowest BCUT2D eigenvalue weighted by molar-refractivity contribution is 0.528. The number of hydrogen-bond donors (Lipinski definition) is 0. The van der Waals surface area contributed by atoms with Gasteiger partial charge in [-0.1, -0.05) is 30.7 Å². The van der Waals surface area contributed by atoms with E-state index in [1.165, 1.54) is 11.1 Å². The second-order valence-corrected chi connectivity index (χ2v) is 6.64. The maximum Gasteiger partial charge on any atom is 0.200 e. The highest BCUT2D eigenvalue weighted by Gasteiger charge is 2.17. The molecule has 0 aliphatic carbocycles. The van der Waals surface area contributed by atoms with Gasteiger partial charge in [0.2, 0.25) is 5.43 Å². The number of likely N-dealkylation sites (N-methyl/N-ethyl adjacent to an activating group) is 1. The Hall–Kier alpha value is -2.81. The smallest absolute Gasteiger partial charge is 0.200 e. The Morgan fingerprint density at radius 2 is 1.92 bits per heavy atom. The molecule has 3 aromatic rings.